The van der Waals surface area contributed by atoms with Crippen molar-refractivity contribution >= 4 is 34.7 Å². The summed E-state index contributed by atoms with van der Waals surface area (Å²) in [5.41, 5.74) is -1.25. The van der Waals surface area contributed by atoms with Crippen LogP contribution in [-0.2, 0) is 4.79 Å². The van der Waals surface area contributed by atoms with Gasteiger partial charge in [0.2, 0.25) is 5.76 Å². The summed E-state index contributed by atoms with van der Waals surface area (Å²) in [4.78, 5) is 11.1. The van der Waals surface area contributed by atoms with Crippen molar-refractivity contribution in [2.24, 2.45) is 10.2 Å². The molecule has 20 heavy (non-hydrogen) atoms. The molecular weight excluding hydrogens is 320 g/mol. The van der Waals surface area contributed by atoms with E-state index >= 15 is 0 Å². The van der Waals surface area contributed by atoms with Gasteiger partial charge in [-0.3, -0.25) is 4.79 Å². The summed E-state index contributed by atoms with van der Waals surface area (Å²) in [5, 5.41) is 15.7. The molecular formula is C11H7Cl2F3N2O2. The standard InChI is InChI=1S/C11H7Cl2F3N2O2/c1-5(19)9(10(20)11(14,15)16)18-17-8-4-6(12)2-3-7(8)13/h2-4,20H,1H3/b10-9-,18-17?. The van der Waals surface area contributed by atoms with Crippen molar-refractivity contribution in [2.75, 3.05) is 0 Å². The smallest absolute Gasteiger partial charge is 0.451 e. The minimum absolute atomic E-state index is 0.0344. The molecule has 0 aromatic heterocycles. The van der Waals surface area contributed by atoms with E-state index in [9.17, 15) is 18.0 Å². The van der Waals surface area contributed by atoms with Gasteiger partial charge in [-0.15, -0.1) is 10.2 Å². The minimum atomic E-state index is -5.10. The molecule has 0 aliphatic carbocycles. The van der Waals surface area contributed by atoms with E-state index < -0.39 is 23.4 Å². The van der Waals surface area contributed by atoms with Crippen LogP contribution < -0.4 is 0 Å². The second kappa shape index (κ2) is 6.23. The quantitative estimate of drug-likeness (QED) is 0.482. The minimum Gasteiger partial charge on any atom is -0.503 e. The number of halogens is 5. The molecule has 0 aliphatic heterocycles. The van der Waals surface area contributed by atoms with E-state index in [4.69, 9.17) is 28.3 Å². The molecule has 4 nitrogen and oxygen atoms in total. The van der Waals surface area contributed by atoms with Crippen molar-refractivity contribution in [3.63, 3.8) is 0 Å². The van der Waals surface area contributed by atoms with Crippen LogP contribution >= 0.6 is 23.2 Å². The fourth-order valence-electron chi connectivity index (χ4n) is 1.09. The lowest BCUT2D eigenvalue weighted by Gasteiger charge is -2.06. The highest BCUT2D eigenvalue weighted by atomic mass is 35.5. The van der Waals surface area contributed by atoms with Gasteiger partial charge in [0.1, 0.15) is 5.69 Å². The molecule has 0 heterocycles. The summed E-state index contributed by atoms with van der Waals surface area (Å²) >= 11 is 11.4. The number of alkyl halides is 3. The molecule has 108 valence electrons. The monoisotopic (exact) mass is 326 g/mol. The fraction of sp³-hybridized carbons (Fsp3) is 0.182. The summed E-state index contributed by atoms with van der Waals surface area (Å²) < 4.78 is 37.0. The van der Waals surface area contributed by atoms with E-state index in [1.54, 1.807) is 0 Å². The Morgan fingerprint density at radius 3 is 2.40 bits per heavy atom. The molecule has 1 aromatic carbocycles. The number of ketones is 1. The zero-order valence-corrected chi connectivity index (χ0v) is 11.4. The average Bonchev–Trinajstić information content (AvgIpc) is 2.31. The SMILES string of the molecule is CC(=O)/C(N=Nc1cc(Cl)ccc1Cl)=C(/O)C(F)(F)F. The van der Waals surface area contributed by atoms with Crippen molar-refractivity contribution in [1.29, 1.82) is 0 Å². The number of rotatable bonds is 3. The normalized spacial score (nSPS) is 13.5. The molecule has 1 aromatic rings. The van der Waals surface area contributed by atoms with E-state index in [0.29, 0.717) is 0 Å². The first-order valence-electron chi connectivity index (χ1n) is 5.01. The second-order valence-corrected chi connectivity index (χ2v) is 4.39. The predicted octanol–water partition coefficient (Wildman–Crippen LogP) is 5.00. The number of aliphatic hydroxyl groups is 1. The van der Waals surface area contributed by atoms with Gasteiger partial charge in [-0.1, -0.05) is 23.2 Å². The van der Waals surface area contributed by atoms with Gasteiger partial charge in [0.05, 0.1) is 5.02 Å². The highest BCUT2D eigenvalue weighted by Crippen LogP contribution is 2.31. The van der Waals surface area contributed by atoms with Crippen LogP contribution in [0, 0.1) is 0 Å². The van der Waals surface area contributed by atoms with Crippen LogP contribution in [0.1, 0.15) is 6.92 Å². The maximum atomic E-state index is 12.3. The zero-order valence-electron chi connectivity index (χ0n) is 9.87. The van der Waals surface area contributed by atoms with E-state index in [1.807, 2.05) is 0 Å². The Morgan fingerprint density at radius 2 is 1.90 bits per heavy atom. The van der Waals surface area contributed by atoms with Crippen LogP contribution in [0.15, 0.2) is 39.9 Å². The summed E-state index contributed by atoms with van der Waals surface area (Å²) in [6.07, 6.45) is -5.10. The number of nitrogens with zero attached hydrogens (tertiary/aromatic N) is 2. The lowest BCUT2D eigenvalue weighted by molar-refractivity contribution is -0.126. The zero-order chi connectivity index (χ0) is 15.5. The number of azo groups is 1. The Bertz CT molecular complexity index is 598. The maximum absolute atomic E-state index is 12.3. The number of allylic oxidation sites excluding steroid dienone is 2. The molecule has 0 atom stereocenters. The van der Waals surface area contributed by atoms with Gasteiger partial charge >= 0.3 is 6.18 Å². The number of benzene rings is 1. The van der Waals surface area contributed by atoms with Crippen LogP contribution in [0.2, 0.25) is 10.0 Å². The highest BCUT2D eigenvalue weighted by Gasteiger charge is 2.38. The lowest BCUT2D eigenvalue weighted by Crippen LogP contribution is -2.16. The lowest BCUT2D eigenvalue weighted by atomic mass is 10.3. The molecule has 0 amide bonds. The van der Waals surface area contributed by atoms with Crippen LogP contribution in [-0.4, -0.2) is 17.1 Å². The van der Waals surface area contributed by atoms with Crippen molar-refractivity contribution in [1.82, 2.24) is 0 Å². The Balaban J connectivity index is 3.25. The van der Waals surface area contributed by atoms with Gasteiger partial charge in [-0.2, -0.15) is 13.2 Å². The molecule has 0 saturated heterocycles. The third-order valence-electron chi connectivity index (χ3n) is 1.99. The second-order valence-electron chi connectivity index (χ2n) is 3.55. The Hall–Kier alpha value is -1.60. The first-order valence-corrected chi connectivity index (χ1v) is 5.76. The molecule has 0 fully saturated rings. The highest BCUT2D eigenvalue weighted by molar-refractivity contribution is 6.35. The van der Waals surface area contributed by atoms with Crippen LogP contribution in [0.25, 0.3) is 0 Å². The molecule has 0 saturated carbocycles. The molecule has 1 N–H and O–H groups in total. The fourth-order valence-corrected chi connectivity index (χ4v) is 1.41. The Kier molecular flexibility index (Phi) is 5.13. The number of hydrogen-bond donors (Lipinski definition) is 1. The molecule has 9 heteroatoms. The summed E-state index contributed by atoms with van der Waals surface area (Å²) in [5.74, 6) is -3.21. The van der Waals surface area contributed by atoms with Gasteiger partial charge in [0.25, 0.3) is 0 Å². The van der Waals surface area contributed by atoms with E-state index in [1.165, 1.54) is 18.2 Å². The van der Waals surface area contributed by atoms with Crippen molar-refractivity contribution in [3.05, 3.63) is 39.7 Å². The van der Waals surface area contributed by atoms with E-state index in [2.05, 4.69) is 10.2 Å². The van der Waals surface area contributed by atoms with Gasteiger partial charge in [-0.25, -0.2) is 0 Å². The predicted molar refractivity (Wildman–Crippen MR) is 67.4 cm³/mol. The molecule has 0 spiro atoms. The molecule has 0 radical (unpaired) electrons. The average molecular weight is 327 g/mol. The van der Waals surface area contributed by atoms with Gasteiger partial charge in [0.15, 0.2) is 11.5 Å². The van der Waals surface area contributed by atoms with Crippen LogP contribution in [0.4, 0.5) is 18.9 Å². The molecule has 1 rings (SSSR count). The Morgan fingerprint density at radius 1 is 1.30 bits per heavy atom. The first-order chi connectivity index (χ1) is 9.12. The molecule has 0 bridgehead atoms. The number of hydrogen-bond acceptors (Lipinski definition) is 4. The largest absolute Gasteiger partial charge is 0.503 e. The number of aliphatic hydroxyl groups excluding tert-OH is 1. The summed E-state index contributed by atoms with van der Waals surface area (Å²) in [6.45, 7) is 0.815. The van der Waals surface area contributed by atoms with Crippen LogP contribution in [0.5, 0.6) is 0 Å². The third-order valence-corrected chi connectivity index (χ3v) is 2.55. The van der Waals surface area contributed by atoms with E-state index in [0.717, 1.165) is 6.92 Å². The third kappa shape index (κ3) is 4.21. The summed E-state index contributed by atoms with van der Waals surface area (Å²) in [6, 6.07) is 4.05. The van der Waals surface area contributed by atoms with Crippen LogP contribution in [0.3, 0.4) is 0 Å². The first kappa shape index (κ1) is 16.5. The Labute approximate surface area is 121 Å². The van der Waals surface area contributed by atoms with Crippen molar-refractivity contribution < 1.29 is 23.1 Å². The number of Topliss-reactive ketones (excluding diaryl/α,β-unsaturated/α-hetero) is 1. The van der Waals surface area contributed by atoms with E-state index in [-0.39, 0.29) is 15.7 Å². The molecule has 0 unspecified atom stereocenters. The topological polar surface area (TPSA) is 62.0 Å². The van der Waals surface area contributed by atoms with Gasteiger partial charge < -0.3 is 5.11 Å². The number of carbonyl (C=O) groups is 1. The van der Waals surface area contributed by atoms with Gasteiger partial charge in [-0.05, 0) is 18.2 Å². The van der Waals surface area contributed by atoms with Crippen molar-refractivity contribution in [3.8, 4) is 0 Å². The summed E-state index contributed by atoms with van der Waals surface area (Å²) in [7, 11) is 0. The molecule has 0 aliphatic rings. The van der Waals surface area contributed by atoms with Gasteiger partial charge in [0, 0.05) is 11.9 Å². The number of carbonyl (C=O) groups excluding carboxylic acids is 1. The maximum Gasteiger partial charge on any atom is 0.451 e. The van der Waals surface area contributed by atoms with Crippen molar-refractivity contribution in [2.45, 2.75) is 13.1 Å².